The normalized spacial score (nSPS) is 10.2. The highest BCUT2D eigenvalue weighted by Crippen LogP contribution is 2.29. The molecule has 114 valence electrons. The largest absolute Gasteiger partial charge is 0.326 e. The van der Waals surface area contributed by atoms with Crippen molar-refractivity contribution >= 4 is 58.0 Å². The summed E-state index contributed by atoms with van der Waals surface area (Å²) < 4.78 is 0. The molecule has 2 amide bonds. The maximum absolute atomic E-state index is 12.3. The molecule has 0 aliphatic carbocycles. The molecule has 7 heteroatoms. The number of benzene rings is 2. The van der Waals surface area contributed by atoms with Crippen LogP contribution in [-0.2, 0) is 4.79 Å². The zero-order valence-corrected chi connectivity index (χ0v) is 13.7. The molecule has 0 fully saturated rings. The fourth-order valence-corrected chi connectivity index (χ4v) is 2.32. The molecular weight excluding hydrogens is 347 g/mol. The van der Waals surface area contributed by atoms with Gasteiger partial charge in [-0.25, -0.2) is 0 Å². The summed E-state index contributed by atoms with van der Waals surface area (Å²) in [6.07, 6.45) is 0. The fraction of sp³-hybridized carbons (Fsp3) is 0.0667. The molecule has 2 aromatic rings. The molecule has 0 aliphatic heterocycles. The second kappa shape index (κ2) is 7.01. The Bertz CT molecular complexity index is 748. The number of nitrogens with one attached hydrogen (secondary N) is 2. The van der Waals surface area contributed by atoms with Crippen molar-refractivity contribution in [3.8, 4) is 0 Å². The summed E-state index contributed by atoms with van der Waals surface area (Å²) in [5, 5.41) is 6.03. The Kier molecular flexibility index (Phi) is 5.29. The summed E-state index contributed by atoms with van der Waals surface area (Å²) in [4.78, 5) is 23.3. The fourth-order valence-electron chi connectivity index (χ4n) is 1.77. The first-order valence-corrected chi connectivity index (χ1v) is 7.34. The highest BCUT2D eigenvalue weighted by atomic mass is 35.5. The van der Waals surface area contributed by atoms with Gasteiger partial charge in [0.2, 0.25) is 5.91 Å². The third kappa shape index (κ3) is 3.91. The van der Waals surface area contributed by atoms with Crippen molar-refractivity contribution in [3.05, 3.63) is 57.0 Å². The first-order valence-electron chi connectivity index (χ1n) is 6.21. The maximum atomic E-state index is 12.3. The van der Waals surface area contributed by atoms with E-state index in [4.69, 9.17) is 34.8 Å². The molecule has 0 aliphatic rings. The zero-order valence-electron chi connectivity index (χ0n) is 11.4. The van der Waals surface area contributed by atoms with Gasteiger partial charge in [-0.05, 0) is 30.3 Å². The molecule has 0 aromatic heterocycles. The Labute approximate surface area is 142 Å². The SMILES string of the molecule is CC(=O)Nc1ccc(Cl)c(NC(=O)c2cccc(Cl)c2Cl)c1. The van der Waals surface area contributed by atoms with Crippen LogP contribution in [0.15, 0.2) is 36.4 Å². The molecule has 22 heavy (non-hydrogen) atoms. The van der Waals surface area contributed by atoms with E-state index in [1.54, 1.807) is 36.4 Å². The topological polar surface area (TPSA) is 58.2 Å². The van der Waals surface area contributed by atoms with E-state index in [1.807, 2.05) is 0 Å². The summed E-state index contributed by atoms with van der Waals surface area (Å²) >= 11 is 17.9. The van der Waals surface area contributed by atoms with E-state index >= 15 is 0 Å². The van der Waals surface area contributed by atoms with Crippen molar-refractivity contribution in [2.75, 3.05) is 10.6 Å². The van der Waals surface area contributed by atoms with Gasteiger partial charge in [0.1, 0.15) is 0 Å². The van der Waals surface area contributed by atoms with Gasteiger partial charge in [-0.1, -0.05) is 40.9 Å². The predicted molar refractivity (Wildman–Crippen MR) is 90.2 cm³/mol. The minimum atomic E-state index is -0.450. The van der Waals surface area contributed by atoms with E-state index in [1.165, 1.54) is 6.92 Å². The molecule has 2 N–H and O–H groups in total. The average molecular weight is 358 g/mol. The molecule has 0 bridgehead atoms. The minimum absolute atomic E-state index is 0.163. The van der Waals surface area contributed by atoms with Gasteiger partial charge in [0, 0.05) is 12.6 Å². The van der Waals surface area contributed by atoms with Crippen LogP contribution in [-0.4, -0.2) is 11.8 Å². The summed E-state index contributed by atoms with van der Waals surface area (Å²) in [5.74, 6) is -0.674. The quantitative estimate of drug-likeness (QED) is 0.824. The average Bonchev–Trinajstić information content (AvgIpc) is 2.45. The number of halogens is 3. The third-order valence-corrected chi connectivity index (χ3v) is 3.88. The molecule has 0 saturated heterocycles. The van der Waals surface area contributed by atoms with Crippen LogP contribution in [0.4, 0.5) is 11.4 Å². The van der Waals surface area contributed by atoms with Crippen molar-refractivity contribution in [3.63, 3.8) is 0 Å². The van der Waals surface area contributed by atoms with Crippen LogP contribution in [0.1, 0.15) is 17.3 Å². The van der Waals surface area contributed by atoms with Gasteiger partial charge in [0.05, 0.1) is 26.3 Å². The molecule has 2 aromatic carbocycles. The van der Waals surface area contributed by atoms with E-state index in [9.17, 15) is 9.59 Å². The molecule has 4 nitrogen and oxygen atoms in total. The predicted octanol–water partition coefficient (Wildman–Crippen LogP) is 4.86. The lowest BCUT2D eigenvalue weighted by atomic mass is 10.2. The van der Waals surface area contributed by atoms with Crippen molar-refractivity contribution in [2.45, 2.75) is 6.92 Å². The summed E-state index contributed by atoms with van der Waals surface area (Å²) in [5.41, 5.74) is 1.11. The van der Waals surface area contributed by atoms with E-state index in [2.05, 4.69) is 10.6 Å². The number of anilines is 2. The number of hydrogen-bond donors (Lipinski definition) is 2. The molecule has 0 unspecified atom stereocenters. The minimum Gasteiger partial charge on any atom is -0.326 e. The highest BCUT2D eigenvalue weighted by Gasteiger charge is 2.14. The van der Waals surface area contributed by atoms with Gasteiger partial charge in [-0.3, -0.25) is 9.59 Å². The van der Waals surface area contributed by atoms with Crippen LogP contribution in [0, 0.1) is 0 Å². The van der Waals surface area contributed by atoms with Gasteiger partial charge in [-0.15, -0.1) is 0 Å². The van der Waals surface area contributed by atoms with E-state index in [0.29, 0.717) is 16.4 Å². The summed E-state index contributed by atoms with van der Waals surface area (Å²) in [6.45, 7) is 1.39. The molecule has 0 atom stereocenters. The summed E-state index contributed by atoms with van der Waals surface area (Å²) in [7, 11) is 0. The van der Waals surface area contributed by atoms with Crippen LogP contribution in [0.3, 0.4) is 0 Å². The summed E-state index contributed by atoms with van der Waals surface area (Å²) in [6, 6.07) is 9.52. The molecule has 0 spiro atoms. The number of amides is 2. The second-order valence-corrected chi connectivity index (χ2v) is 5.62. The highest BCUT2D eigenvalue weighted by molar-refractivity contribution is 6.44. The molecule has 0 heterocycles. The molecule has 0 radical (unpaired) electrons. The Morgan fingerprint density at radius 3 is 2.36 bits per heavy atom. The van der Waals surface area contributed by atoms with Crippen LogP contribution < -0.4 is 10.6 Å². The second-order valence-electron chi connectivity index (χ2n) is 4.43. The lowest BCUT2D eigenvalue weighted by Crippen LogP contribution is -2.13. The van der Waals surface area contributed by atoms with Crippen LogP contribution in [0.25, 0.3) is 0 Å². The third-order valence-electron chi connectivity index (χ3n) is 2.73. The van der Waals surface area contributed by atoms with Gasteiger partial charge in [-0.2, -0.15) is 0 Å². The number of hydrogen-bond acceptors (Lipinski definition) is 2. The van der Waals surface area contributed by atoms with Crippen molar-refractivity contribution in [2.24, 2.45) is 0 Å². The number of carbonyl (C=O) groups is 2. The maximum Gasteiger partial charge on any atom is 0.257 e. The van der Waals surface area contributed by atoms with Crippen molar-refractivity contribution < 1.29 is 9.59 Å². The van der Waals surface area contributed by atoms with Crippen molar-refractivity contribution in [1.29, 1.82) is 0 Å². The monoisotopic (exact) mass is 356 g/mol. The Balaban J connectivity index is 2.28. The van der Waals surface area contributed by atoms with Crippen LogP contribution >= 0.6 is 34.8 Å². The first kappa shape index (κ1) is 16.6. The van der Waals surface area contributed by atoms with Gasteiger partial charge in [0.15, 0.2) is 0 Å². The standard InChI is InChI=1S/C15H11Cl3N2O2/c1-8(21)19-9-5-6-11(16)13(7-9)20-15(22)10-3-2-4-12(17)14(10)18/h2-7H,1H3,(H,19,21)(H,20,22). The number of carbonyl (C=O) groups excluding carboxylic acids is 2. The van der Waals surface area contributed by atoms with Crippen LogP contribution in [0.5, 0.6) is 0 Å². The Morgan fingerprint density at radius 2 is 1.68 bits per heavy atom. The lowest BCUT2D eigenvalue weighted by Gasteiger charge is -2.11. The zero-order chi connectivity index (χ0) is 16.3. The smallest absolute Gasteiger partial charge is 0.257 e. The van der Waals surface area contributed by atoms with Gasteiger partial charge < -0.3 is 10.6 Å². The van der Waals surface area contributed by atoms with E-state index in [-0.39, 0.29) is 21.5 Å². The van der Waals surface area contributed by atoms with E-state index < -0.39 is 5.91 Å². The molecule has 0 saturated carbocycles. The van der Waals surface area contributed by atoms with Crippen molar-refractivity contribution in [1.82, 2.24) is 0 Å². The first-order chi connectivity index (χ1) is 10.4. The van der Waals surface area contributed by atoms with Gasteiger partial charge in [0.25, 0.3) is 5.91 Å². The van der Waals surface area contributed by atoms with Gasteiger partial charge >= 0.3 is 0 Å². The number of rotatable bonds is 3. The lowest BCUT2D eigenvalue weighted by molar-refractivity contribution is -0.114. The Hall–Kier alpha value is -1.75. The van der Waals surface area contributed by atoms with Crippen LogP contribution in [0.2, 0.25) is 15.1 Å². The molecule has 2 rings (SSSR count). The molecular formula is C15H11Cl3N2O2. The van der Waals surface area contributed by atoms with E-state index in [0.717, 1.165) is 0 Å². The Morgan fingerprint density at radius 1 is 0.955 bits per heavy atom.